The van der Waals surface area contributed by atoms with E-state index in [-0.39, 0.29) is 35.5 Å². The Labute approximate surface area is 190 Å². The van der Waals surface area contributed by atoms with Crippen LogP contribution in [0.3, 0.4) is 0 Å². The molecule has 0 saturated carbocycles. The molecule has 1 atom stereocenters. The summed E-state index contributed by atoms with van der Waals surface area (Å²) >= 11 is 0. The maximum atomic E-state index is 13.2. The molecule has 0 bridgehead atoms. The quantitative estimate of drug-likeness (QED) is 0.627. The average Bonchev–Trinajstić information content (AvgIpc) is 3.05. The van der Waals surface area contributed by atoms with Crippen molar-refractivity contribution in [3.63, 3.8) is 0 Å². The fourth-order valence-corrected chi connectivity index (χ4v) is 3.38. The van der Waals surface area contributed by atoms with Crippen LogP contribution in [0.1, 0.15) is 37.0 Å². The number of carbonyl (C=O) groups is 3. The zero-order valence-electron chi connectivity index (χ0n) is 16.6. The van der Waals surface area contributed by atoms with Crippen LogP contribution in [0.25, 0.3) is 0 Å². The summed E-state index contributed by atoms with van der Waals surface area (Å²) in [6, 6.07) is 10.5. The van der Waals surface area contributed by atoms with Gasteiger partial charge in [0, 0.05) is 38.1 Å². The molecule has 0 radical (unpaired) electrons. The van der Waals surface area contributed by atoms with E-state index in [9.17, 15) is 23.9 Å². The molecule has 1 aliphatic heterocycles. The topological polar surface area (TPSA) is 89.5 Å². The van der Waals surface area contributed by atoms with Crippen molar-refractivity contribution in [2.45, 2.75) is 38.8 Å². The maximum Gasteiger partial charge on any atom is 1.00 e. The Bertz CT molecular complexity index is 948. The predicted octanol–water partition coefficient (Wildman–Crippen LogP) is -1.27. The molecule has 2 aromatic carbocycles. The van der Waals surface area contributed by atoms with Crippen molar-refractivity contribution in [2.24, 2.45) is 0 Å². The summed E-state index contributed by atoms with van der Waals surface area (Å²) < 4.78 is 13.2. The van der Waals surface area contributed by atoms with E-state index in [2.05, 4.69) is 5.32 Å². The van der Waals surface area contributed by atoms with E-state index >= 15 is 0 Å². The molecule has 0 aromatic heterocycles. The number of amides is 2. The number of carbonyl (C=O) groups excluding carboxylic acids is 3. The molecule has 6 nitrogen and oxygen atoms in total. The summed E-state index contributed by atoms with van der Waals surface area (Å²) in [5.41, 5.74) is 1.37. The van der Waals surface area contributed by atoms with E-state index in [1.165, 1.54) is 38.1 Å². The number of carboxylic acids is 1. The Morgan fingerprint density at radius 2 is 1.72 bits per heavy atom. The van der Waals surface area contributed by atoms with Gasteiger partial charge in [-0.25, -0.2) is 4.39 Å². The fraction of sp³-hybridized carbons (Fsp3) is 0.286. The van der Waals surface area contributed by atoms with Gasteiger partial charge in [0.2, 0.25) is 11.8 Å². The summed E-state index contributed by atoms with van der Waals surface area (Å²) in [6.45, 7) is 3.97. The number of aliphatic carboxylic acids is 1. The zero-order chi connectivity index (χ0) is 20.5. The Hall–Kier alpha value is -2.22. The molecule has 1 aliphatic rings. The molecule has 1 unspecified atom stereocenters. The van der Waals surface area contributed by atoms with Gasteiger partial charge in [0.05, 0.1) is 5.41 Å². The molecular formula is C21H20FN2NaO4. The van der Waals surface area contributed by atoms with Crippen molar-refractivity contribution >= 4 is 23.5 Å². The number of halogens is 1. The molecule has 2 aromatic rings. The van der Waals surface area contributed by atoms with Crippen molar-refractivity contribution in [3.05, 3.63) is 65.0 Å². The van der Waals surface area contributed by atoms with Gasteiger partial charge in [-0.3, -0.25) is 9.59 Å². The number of carboxylic acid groups (broad SMARTS) is 1. The second-order valence-electron chi connectivity index (χ2n) is 7.20. The van der Waals surface area contributed by atoms with Crippen LogP contribution in [0.4, 0.5) is 10.1 Å². The van der Waals surface area contributed by atoms with Gasteiger partial charge in [0.25, 0.3) is 0 Å². The Kier molecular flexibility index (Phi) is 7.21. The molecule has 1 N–H and O–H groups in total. The first kappa shape index (κ1) is 23.1. The first-order valence-electron chi connectivity index (χ1n) is 8.84. The van der Waals surface area contributed by atoms with Crippen LogP contribution < -0.4 is 40.0 Å². The van der Waals surface area contributed by atoms with E-state index in [0.29, 0.717) is 24.3 Å². The summed E-state index contributed by atoms with van der Waals surface area (Å²) in [6.07, 6.45) is -0.548. The molecule has 2 amide bonds. The van der Waals surface area contributed by atoms with Crippen LogP contribution in [0.5, 0.6) is 0 Å². The Morgan fingerprint density at radius 3 is 2.31 bits per heavy atom. The molecule has 8 heteroatoms. The number of nitrogens with one attached hydrogen (secondary N) is 1. The zero-order valence-corrected chi connectivity index (χ0v) is 18.6. The van der Waals surface area contributed by atoms with Gasteiger partial charge in [-0.2, -0.15) is 0 Å². The van der Waals surface area contributed by atoms with Gasteiger partial charge >= 0.3 is 29.6 Å². The van der Waals surface area contributed by atoms with Crippen molar-refractivity contribution in [1.29, 1.82) is 0 Å². The third-order valence-electron chi connectivity index (χ3n) is 5.11. The van der Waals surface area contributed by atoms with Gasteiger partial charge < -0.3 is 20.1 Å². The number of benzene rings is 2. The van der Waals surface area contributed by atoms with Crippen molar-refractivity contribution in [3.8, 4) is 0 Å². The molecule has 29 heavy (non-hydrogen) atoms. The molecule has 0 spiro atoms. The minimum absolute atomic E-state index is 0. The summed E-state index contributed by atoms with van der Waals surface area (Å²) in [5, 5.41) is 14.0. The van der Waals surface area contributed by atoms with Crippen LogP contribution in [0, 0.1) is 5.82 Å². The molecule has 0 fully saturated rings. The number of hydrogen-bond acceptors (Lipinski definition) is 4. The summed E-state index contributed by atoms with van der Waals surface area (Å²) in [7, 11) is 0. The van der Waals surface area contributed by atoms with Gasteiger partial charge in [0.1, 0.15) is 5.82 Å². The minimum atomic E-state index is -1.43. The first-order valence-corrected chi connectivity index (χ1v) is 8.84. The van der Waals surface area contributed by atoms with E-state index in [0.717, 1.165) is 11.1 Å². The molecule has 1 heterocycles. The number of hydrogen-bond donors (Lipinski definition) is 1. The van der Waals surface area contributed by atoms with Crippen molar-refractivity contribution in [1.82, 2.24) is 4.90 Å². The van der Waals surface area contributed by atoms with Crippen LogP contribution in [0.15, 0.2) is 42.5 Å². The SMILES string of the molecule is CC(=O)N1Cc2ccc(NC(=O)C(C)(CC(=O)[O-])c3ccc(F)cc3)cc2C1.[Na+]. The largest absolute Gasteiger partial charge is 1.00 e. The van der Waals surface area contributed by atoms with Gasteiger partial charge in [0.15, 0.2) is 0 Å². The maximum absolute atomic E-state index is 13.2. The van der Waals surface area contributed by atoms with Gasteiger partial charge in [-0.05, 0) is 47.9 Å². The van der Waals surface area contributed by atoms with Crippen molar-refractivity contribution < 1.29 is 53.4 Å². The average molecular weight is 406 g/mol. The molecular weight excluding hydrogens is 386 g/mol. The molecule has 3 rings (SSSR count). The predicted molar refractivity (Wildman–Crippen MR) is 98.4 cm³/mol. The normalized spacial score (nSPS) is 14.4. The molecule has 0 aliphatic carbocycles. The number of nitrogens with zero attached hydrogens (tertiary/aromatic N) is 1. The molecule has 146 valence electrons. The van der Waals surface area contributed by atoms with Gasteiger partial charge in [-0.1, -0.05) is 18.2 Å². The second-order valence-corrected chi connectivity index (χ2v) is 7.20. The Balaban J connectivity index is 0.00000300. The van der Waals surface area contributed by atoms with Crippen LogP contribution >= 0.6 is 0 Å². The third-order valence-corrected chi connectivity index (χ3v) is 5.11. The van der Waals surface area contributed by atoms with Crippen LogP contribution in [-0.2, 0) is 32.9 Å². The van der Waals surface area contributed by atoms with Crippen molar-refractivity contribution in [2.75, 3.05) is 5.32 Å². The van der Waals surface area contributed by atoms with E-state index in [4.69, 9.17) is 0 Å². The van der Waals surface area contributed by atoms with Gasteiger partial charge in [-0.15, -0.1) is 0 Å². The molecule has 0 saturated heterocycles. The number of anilines is 1. The summed E-state index contributed by atoms with van der Waals surface area (Å²) in [4.78, 5) is 37.5. The third kappa shape index (κ3) is 5.04. The fourth-order valence-electron chi connectivity index (χ4n) is 3.38. The smallest absolute Gasteiger partial charge is 0.550 e. The second kappa shape index (κ2) is 9.07. The minimum Gasteiger partial charge on any atom is -0.550 e. The van der Waals surface area contributed by atoms with E-state index < -0.39 is 29.5 Å². The van der Waals surface area contributed by atoms with Crippen LogP contribution in [-0.4, -0.2) is 22.7 Å². The van der Waals surface area contributed by atoms with E-state index in [1.54, 1.807) is 17.0 Å². The van der Waals surface area contributed by atoms with E-state index in [1.807, 2.05) is 6.07 Å². The first-order chi connectivity index (χ1) is 13.2. The summed E-state index contributed by atoms with van der Waals surface area (Å²) in [5.74, 6) is -2.43. The monoisotopic (exact) mass is 406 g/mol. The Morgan fingerprint density at radius 1 is 1.10 bits per heavy atom. The number of rotatable bonds is 5. The van der Waals surface area contributed by atoms with Crippen LogP contribution in [0.2, 0.25) is 0 Å². The number of fused-ring (bicyclic) bond motifs is 1. The standard InChI is InChI=1S/C21H21FN2O4.Na/c1-13(25)24-11-14-3-8-18(9-15(14)12-24)23-20(28)21(2,10-19(26)27)16-4-6-17(22)7-5-16;/h3-9H,10-12H2,1-2H3,(H,23,28)(H,26,27);/q;+1/p-1.